The van der Waals surface area contributed by atoms with Gasteiger partial charge in [0.05, 0.1) is 26.4 Å². The number of carbonyl (C=O) groups excluding carboxylic acids is 4. The van der Waals surface area contributed by atoms with Crippen LogP contribution in [0.1, 0.15) is 266 Å². The Bertz CT molecular complexity index is 1500. The third-order valence-electron chi connectivity index (χ3n) is 12.7. The lowest BCUT2D eigenvalue weighted by Crippen LogP contribution is -2.30. The lowest BCUT2D eigenvalue weighted by molar-refractivity contribution is -0.161. The van der Waals surface area contributed by atoms with E-state index in [1.165, 1.54) is 70.6 Å². The van der Waals surface area contributed by atoms with Gasteiger partial charge in [-0.05, 0) is 37.5 Å². The molecule has 0 aliphatic rings. The predicted octanol–water partition coefficient (Wildman–Crippen LogP) is 14.5. The first-order valence-corrected chi connectivity index (χ1v) is 32.5. The van der Waals surface area contributed by atoms with Crippen LogP contribution >= 0.6 is 15.6 Å². The topological polar surface area (TPSA) is 237 Å². The maximum absolute atomic E-state index is 12.9. The number of rotatable bonds is 55. The van der Waals surface area contributed by atoms with E-state index in [0.29, 0.717) is 31.6 Å². The van der Waals surface area contributed by atoms with Crippen molar-refractivity contribution in [3.05, 3.63) is 0 Å². The maximum atomic E-state index is 12.9. The number of ether oxygens (including phenoxy) is 4. The molecule has 19 heteroatoms. The van der Waals surface area contributed by atoms with Gasteiger partial charge >= 0.3 is 39.5 Å². The van der Waals surface area contributed by atoms with E-state index in [1.807, 2.05) is 0 Å². The second-order valence-electron chi connectivity index (χ2n) is 21.3. The van der Waals surface area contributed by atoms with Crippen LogP contribution in [0.3, 0.4) is 0 Å². The Balaban J connectivity index is 5.10. The van der Waals surface area contributed by atoms with Crippen LogP contribution in [0.2, 0.25) is 0 Å². The van der Waals surface area contributed by atoms with Crippen molar-refractivity contribution in [1.29, 1.82) is 0 Å². The molecule has 0 heterocycles. The molecule has 444 valence electrons. The summed E-state index contributed by atoms with van der Waals surface area (Å²) in [5.74, 6) is -0.703. The summed E-state index contributed by atoms with van der Waals surface area (Å²) in [6.45, 7) is 9.18. The quantitative estimate of drug-likeness (QED) is 0.0222. The molecule has 0 aliphatic carbocycles. The third kappa shape index (κ3) is 51.3. The highest BCUT2D eigenvalue weighted by molar-refractivity contribution is 7.47. The van der Waals surface area contributed by atoms with Crippen LogP contribution in [-0.4, -0.2) is 96.7 Å². The van der Waals surface area contributed by atoms with Crippen molar-refractivity contribution in [2.75, 3.05) is 39.6 Å². The predicted molar refractivity (Wildman–Crippen MR) is 294 cm³/mol. The summed E-state index contributed by atoms with van der Waals surface area (Å²) in [7, 11) is -9.85. The molecule has 0 spiro atoms. The highest BCUT2D eigenvalue weighted by atomic mass is 31.2. The minimum Gasteiger partial charge on any atom is -0.462 e. The third-order valence-corrected chi connectivity index (χ3v) is 14.6. The average Bonchev–Trinajstić information content (AvgIpc) is 3.36. The lowest BCUT2D eigenvalue weighted by Gasteiger charge is -2.21. The summed E-state index contributed by atoms with van der Waals surface area (Å²) in [4.78, 5) is 71.3. The van der Waals surface area contributed by atoms with Gasteiger partial charge in [-0.3, -0.25) is 37.3 Å². The summed E-state index contributed by atoms with van der Waals surface area (Å²) < 4.78 is 67.2. The van der Waals surface area contributed by atoms with Gasteiger partial charge in [-0.2, -0.15) is 0 Å². The summed E-state index contributed by atoms with van der Waals surface area (Å²) in [6, 6.07) is 0. The lowest BCUT2D eigenvalue weighted by atomic mass is 10.0. The maximum Gasteiger partial charge on any atom is 0.472 e. The summed E-state index contributed by atoms with van der Waals surface area (Å²) in [6.07, 6.45) is 28.9. The molecule has 0 saturated carbocycles. The molecule has 17 nitrogen and oxygen atoms in total. The van der Waals surface area contributed by atoms with Gasteiger partial charge in [0, 0.05) is 25.7 Å². The Kier molecular flexibility index (Phi) is 47.9. The number of hydrogen-bond donors (Lipinski definition) is 3. The van der Waals surface area contributed by atoms with Gasteiger partial charge in [0.15, 0.2) is 12.2 Å². The van der Waals surface area contributed by atoms with Gasteiger partial charge < -0.3 is 33.8 Å². The van der Waals surface area contributed by atoms with E-state index in [9.17, 15) is 43.2 Å². The molecular formula is C56H108O17P2. The highest BCUT2D eigenvalue weighted by Gasteiger charge is 2.30. The van der Waals surface area contributed by atoms with Gasteiger partial charge in [-0.1, -0.05) is 215 Å². The van der Waals surface area contributed by atoms with Gasteiger partial charge in [0.25, 0.3) is 0 Å². The van der Waals surface area contributed by atoms with Gasteiger partial charge in [-0.25, -0.2) is 9.13 Å². The number of unbranched alkanes of at least 4 members (excludes halogenated alkanes) is 25. The smallest absolute Gasteiger partial charge is 0.462 e. The van der Waals surface area contributed by atoms with Crippen molar-refractivity contribution in [1.82, 2.24) is 0 Å². The van der Waals surface area contributed by atoms with E-state index in [1.54, 1.807) is 0 Å². The number of aliphatic hydroxyl groups is 1. The molecule has 0 aromatic rings. The van der Waals surface area contributed by atoms with E-state index in [0.717, 1.165) is 109 Å². The second kappa shape index (κ2) is 49.1. The minimum atomic E-state index is -4.93. The van der Waals surface area contributed by atoms with Crippen LogP contribution < -0.4 is 0 Å². The fourth-order valence-electron chi connectivity index (χ4n) is 8.12. The monoisotopic (exact) mass is 1110 g/mol. The van der Waals surface area contributed by atoms with E-state index in [2.05, 4.69) is 41.5 Å². The largest absolute Gasteiger partial charge is 0.472 e. The molecule has 0 fully saturated rings. The zero-order chi connectivity index (χ0) is 55.8. The standard InChI is InChI=1S/C56H108O17P2/c1-7-9-11-24-32-38-53(58)66-44-51(72-55(60)40-34-25-12-10-8-2)46-70-74(62,63)68-42-50(57)43-69-75(64,65)71-47-52(45-67-54(59)39-33-28-23-22-27-31-37-49(5)6)73-56(61)41-35-29-21-19-17-15-13-14-16-18-20-26-30-36-48(3)4/h48-52,57H,7-47H2,1-6H3,(H,62,63)(H,64,65)/t50-,51+,52+/m0/s1. The number of hydrogen-bond acceptors (Lipinski definition) is 15. The van der Waals surface area contributed by atoms with Gasteiger partial charge in [-0.15, -0.1) is 0 Å². The number of aliphatic hydroxyl groups excluding tert-OH is 1. The van der Waals surface area contributed by atoms with Crippen molar-refractivity contribution in [3.63, 3.8) is 0 Å². The Morgan fingerprint density at radius 2 is 0.613 bits per heavy atom. The SMILES string of the molecule is CCCCCCCC(=O)OC[C@H](COP(=O)(O)OC[C@H](O)COP(=O)(O)OC[C@@H](COC(=O)CCCCCCCCC(C)C)OC(=O)CCCCCCCCCCCCCCCC(C)C)OC(=O)CCCCCCC. The van der Waals surface area contributed by atoms with E-state index in [-0.39, 0.29) is 25.7 Å². The first-order valence-electron chi connectivity index (χ1n) is 29.5. The van der Waals surface area contributed by atoms with Crippen LogP contribution in [0.15, 0.2) is 0 Å². The molecule has 0 aromatic heterocycles. The normalized spacial score (nSPS) is 14.5. The zero-order valence-electron chi connectivity index (χ0n) is 47.8. The fourth-order valence-corrected chi connectivity index (χ4v) is 9.70. The number of carbonyl (C=O) groups is 4. The molecule has 5 atom stereocenters. The van der Waals surface area contributed by atoms with Crippen molar-refractivity contribution in [3.8, 4) is 0 Å². The molecule has 0 bridgehead atoms. The second-order valence-corrected chi connectivity index (χ2v) is 24.2. The fraction of sp³-hybridized carbons (Fsp3) is 0.929. The number of phosphoric acid groups is 2. The Morgan fingerprint density at radius 1 is 0.360 bits per heavy atom. The number of esters is 4. The molecule has 0 saturated heterocycles. The van der Waals surface area contributed by atoms with Crippen molar-refractivity contribution in [2.45, 2.75) is 285 Å². The minimum absolute atomic E-state index is 0.0983. The van der Waals surface area contributed by atoms with Crippen LogP contribution in [-0.2, 0) is 65.4 Å². The number of phosphoric ester groups is 2. The zero-order valence-corrected chi connectivity index (χ0v) is 49.6. The van der Waals surface area contributed by atoms with Crippen LogP contribution in [0.5, 0.6) is 0 Å². The molecule has 2 unspecified atom stereocenters. The molecule has 3 N–H and O–H groups in total. The Morgan fingerprint density at radius 3 is 0.907 bits per heavy atom. The summed E-state index contributed by atoms with van der Waals surface area (Å²) in [5, 5.41) is 10.4. The molecule has 0 radical (unpaired) electrons. The highest BCUT2D eigenvalue weighted by Crippen LogP contribution is 2.45. The Hall–Kier alpha value is -1.94. The summed E-state index contributed by atoms with van der Waals surface area (Å²) >= 11 is 0. The molecular weight excluding hydrogens is 1010 g/mol. The molecule has 0 amide bonds. The van der Waals surface area contributed by atoms with Crippen LogP contribution in [0.4, 0.5) is 0 Å². The molecule has 0 aromatic carbocycles. The van der Waals surface area contributed by atoms with Gasteiger partial charge in [0.1, 0.15) is 19.3 Å². The first kappa shape index (κ1) is 73.1. The van der Waals surface area contributed by atoms with Crippen molar-refractivity contribution >= 4 is 39.5 Å². The molecule has 0 rings (SSSR count). The van der Waals surface area contributed by atoms with Crippen LogP contribution in [0.25, 0.3) is 0 Å². The van der Waals surface area contributed by atoms with Crippen molar-refractivity contribution in [2.24, 2.45) is 11.8 Å². The summed E-state index contributed by atoms with van der Waals surface area (Å²) in [5.41, 5.74) is 0. The van der Waals surface area contributed by atoms with Crippen molar-refractivity contribution < 1.29 is 80.2 Å². The first-order chi connectivity index (χ1) is 35.9. The van der Waals surface area contributed by atoms with Gasteiger partial charge in [0.2, 0.25) is 0 Å². The van der Waals surface area contributed by atoms with Crippen LogP contribution in [0, 0.1) is 11.8 Å². The van der Waals surface area contributed by atoms with E-state index in [4.69, 9.17) is 37.0 Å². The Labute approximate surface area is 454 Å². The van der Waals surface area contributed by atoms with E-state index >= 15 is 0 Å². The molecule has 0 aliphatic heterocycles. The molecule has 75 heavy (non-hydrogen) atoms. The average molecular weight is 1120 g/mol. The van der Waals surface area contributed by atoms with E-state index < -0.39 is 97.5 Å².